The van der Waals surface area contributed by atoms with Crippen LogP contribution < -0.4 is 0 Å². The van der Waals surface area contributed by atoms with Crippen molar-refractivity contribution < 1.29 is 38.1 Å². The lowest BCUT2D eigenvalue weighted by atomic mass is 9.18. The predicted octanol–water partition coefficient (Wildman–Crippen LogP) is 4.36. The maximum Gasteiger partial charge on any atom is 0.410 e. The molecule has 0 aromatic heterocycles. The maximum absolute atomic E-state index is 15.2. The Morgan fingerprint density at radius 3 is 2.30 bits per heavy atom. The first-order valence-electron chi connectivity index (χ1n) is 16.1. The van der Waals surface area contributed by atoms with Crippen molar-refractivity contribution in [1.82, 2.24) is 4.90 Å². The van der Waals surface area contributed by atoms with Crippen LogP contribution in [0.15, 0.2) is 12.2 Å². The van der Waals surface area contributed by atoms with E-state index in [1.807, 2.05) is 20.8 Å². The first-order valence-corrected chi connectivity index (χ1v) is 16.1. The van der Waals surface area contributed by atoms with Crippen molar-refractivity contribution in [2.45, 2.75) is 90.6 Å². The number of amides is 1. The Hall–Kier alpha value is -2.10. The molecule has 9 heteroatoms. The van der Waals surface area contributed by atoms with Crippen molar-refractivity contribution in [3.05, 3.63) is 12.2 Å². The lowest BCUT2D eigenvalue weighted by Gasteiger charge is -2.85. The normalized spacial score (nSPS) is 46.3. The largest absolute Gasteiger partial charge is 0.444 e. The van der Waals surface area contributed by atoms with Gasteiger partial charge >= 0.3 is 6.09 Å². The zero-order valence-electron chi connectivity index (χ0n) is 26.7. The van der Waals surface area contributed by atoms with Crippen molar-refractivity contribution in [2.75, 3.05) is 33.9 Å². The molecule has 3 heterocycles. The van der Waals surface area contributed by atoms with Gasteiger partial charge in [0.15, 0.2) is 11.6 Å². The molecule has 0 aromatic carbocycles. The van der Waals surface area contributed by atoms with Gasteiger partial charge in [-0.15, -0.1) is 0 Å². The zero-order valence-corrected chi connectivity index (χ0v) is 26.7. The summed E-state index contributed by atoms with van der Waals surface area (Å²) >= 11 is 0. The summed E-state index contributed by atoms with van der Waals surface area (Å²) < 4.78 is 24.9. The van der Waals surface area contributed by atoms with Crippen molar-refractivity contribution in [3.8, 4) is 0 Å². The summed E-state index contributed by atoms with van der Waals surface area (Å²) in [5.41, 5.74) is -3.38. The Bertz CT molecular complexity index is 1320. The summed E-state index contributed by atoms with van der Waals surface area (Å²) in [6.07, 6.45) is 2.64. The highest BCUT2D eigenvalue weighted by Gasteiger charge is 2.97. The predicted molar refractivity (Wildman–Crippen MR) is 155 cm³/mol. The van der Waals surface area contributed by atoms with Crippen LogP contribution in [0.1, 0.15) is 73.1 Å². The molecule has 3 aliphatic heterocycles. The molecule has 9 nitrogen and oxygen atoms in total. The van der Waals surface area contributed by atoms with E-state index in [4.69, 9.17) is 18.9 Å². The lowest BCUT2D eigenvalue weighted by molar-refractivity contribution is -0.467. The van der Waals surface area contributed by atoms with Gasteiger partial charge in [0.2, 0.25) is 5.79 Å². The fraction of sp³-hybridized carbons (Fsp3) is 0.824. The van der Waals surface area contributed by atoms with E-state index in [1.54, 1.807) is 19.1 Å². The Balaban J connectivity index is 1.26. The van der Waals surface area contributed by atoms with Crippen LogP contribution in [0.2, 0.25) is 0 Å². The van der Waals surface area contributed by atoms with E-state index in [0.29, 0.717) is 38.8 Å². The summed E-state index contributed by atoms with van der Waals surface area (Å²) in [6, 6.07) is 0. The maximum atomic E-state index is 15.2. The molecule has 3 saturated heterocycles. The molecule has 0 N–H and O–H groups in total. The van der Waals surface area contributed by atoms with Crippen LogP contribution in [0, 0.1) is 51.2 Å². The first kappa shape index (κ1) is 29.6. The second-order valence-corrected chi connectivity index (χ2v) is 16.1. The molecular formula is C34H47NO8. The van der Waals surface area contributed by atoms with Gasteiger partial charge in [-0.05, 0) is 70.1 Å². The van der Waals surface area contributed by atoms with E-state index >= 15 is 4.79 Å². The fourth-order valence-electron chi connectivity index (χ4n) is 11.8. The van der Waals surface area contributed by atoms with Crippen LogP contribution in [-0.4, -0.2) is 79.8 Å². The van der Waals surface area contributed by atoms with Crippen molar-refractivity contribution in [3.63, 3.8) is 0 Å². The highest BCUT2D eigenvalue weighted by Crippen LogP contribution is 2.88. The Morgan fingerprint density at radius 1 is 1.02 bits per heavy atom. The Morgan fingerprint density at radius 2 is 1.70 bits per heavy atom. The minimum Gasteiger partial charge on any atom is -0.444 e. The van der Waals surface area contributed by atoms with Gasteiger partial charge in [-0.2, -0.15) is 0 Å². The smallest absolute Gasteiger partial charge is 0.410 e. The van der Waals surface area contributed by atoms with Gasteiger partial charge in [0.1, 0.15) is 22.9 Å². The number of piperidine rings is 1. The second kappa shape index (κ2) is 8.79. The third kappa shape index (κ3) is 3.06. The topological polar surface area (TPSA) is 108 Å². The summed E-state index contributed by atoms with van der Waals surface area (Å²) in [5.74, 6) is -2.60. The van der Waals surface area contributed by atoms with Crippen molar-refractivity contribution >= 4 is 23.4 Å². The molecule has 0 radical (unpaired) electrons. The number of Topliss-reactive ketones (excluding diaryl/α,β-unsaturated/α-hetero) is 3. The molecule has 9 unspecified atom stereocenters. The number of likely N-dealkylation sites (tertiary alicyclic amines) is 1. The molecule has 8 fully saturated rings. The minimum atomic E-state index is -1.38. The molecule has 9 atom stereocenters. The van der Waals surface area contributed by atoms with Gasteiger partial charge < -0.3 is 23.8 Å². The van der Waals surface area contributed by atoms with Crippen LogP contribution in [0.3, 0.4) is 0 Å². The molecule has 8 rings (SSSR count). The number of ketones is 3. The second-order valence-electron chi connectivity index (χ2n) is 16.1. The van der Waals surface area contributed by atoms with Gasteiger partial charge in [-0.3, -0.25) is 14.4 Å². The summed E-state index contributed by atoms with van der Waals surface area (Å²) in [6.45, 7) is 15.3. The number of methoxy groups -OCH3 is 2. The number of rotatable bonds is 4. The molecule has 0 aromatic rings. The zero-order chi connectivity index (χ0) is 31.1. The van der Waals surface area contributed by atoms with Crippen LogP contribution in [0.5, 0.6) is 0 Å². The number of fused-ring (bicyclic) bond motifs is 1. The Labute approximate surface area is 254 Å². The molecular weight excluding hydrogens is 550 g/mol. The highest BCUT2D eigenvalue weighted by atomic mass is 16.7. The van der Waals surface area contributed by atoms with Crippen molar-refractivity contribution in [2.24, 2.45) is 51.2 Å². The number of ether oxygens (including phenoxy) is 4. The van der Waals surface area contributed by atoms with Gasteiger partial charge in [-0.25, -0.2) is 4.79 Å². The van der Waals surface area contributed by atoms with Crippen LogP contribution in [-0.2, 0) is 33.3 Å². The minimum absolute atomic E-state index is 0.00575. The third-order valence-corrected chi connectivity index (χ3v) is 13.1. The molecule has 1 amide bonds. The van der Waals surface area contributed by atoms with Crippen LogP contribution >= 0.6 is 0 Å². The van der Waals surface area contributed by atoms with E-state index in [9.17, 15) is 14.4 Å². The van der Waals surface area contributed by atoms with E-state index < -0.39 is 33.7 Å². The number of nitrogens with zero attached hydrogens (tertiary/aromatic N) is 1. The van der Waals surface area contributed by atoms with Crippen LogP contribution in [0.25, 0.3) is 0 Å². The Kier molecular flexibility index (Phi) is 6.05. The molecule has 2 bridgehead atoms. The number of carbonyl (C=O) groups excluding carboxylic acids is 4. The van der Waals surface area contributed by atoms with E-state index in [1.165, 1.54) is 0 Å². The highest BCUT2D eigenvalue weighted by molar-refractivity contribution is 6.21. The van der Waals surface area contributed by atoms with Crippen LogP contribution in [0.4, 0.5) is 4.79 Å². The number of allylic oxidation sites excluding steroid dienone is 1. The summed E-state index contributed by atoms with van der Waals surface area (Å²) in [7, 11) is 3.22. The molecule has 5 aliphatic carbocycles. The fourth-order valence-corrected chi connectivity index (χ4v) is 11.8. The van der Waals surface area contributed by atoms with Gasteiger partial charge in [0.25, 0.3) is 0 Å². The van der Waals surface area contributed by atoms with Gasteiger partial charge in [0.05, 0.1) is 17.4 Å². The number of hydrogen-bond donors (Lipinski definition) is 0. The monoisotopic (exact) mass is 597 g/mol. The van der Waals surface area contributed by atoms with E-state index in [-0.39, 0.29) is 65.1 Å². The molecule has 5 saturated carbocycles. The first-order chi connectivity index (χ1) is 20.1. The molecule has 43 heavy (non-hydrogen) atoms. The van der Waals surface area contributed by atoms with E-state index in [0.717, 1.165) is 18.4 Å². The van der Waals surface area contributed by atoms with Gasteiger partial charge in [0, 0.05) is 51.5 Å². The van der Waals surface area contributed by atoms with Gasteiger partial charge in [-0.1, -0.05) is 26.0 Å². The number of carbonyl (C=O) groups is 4. The molecule has 8 aliphatic rings. The summed E-state index contributed by atoms with van der Waals surface area (Å²) in [5, 5.41) is 0. The molecule has 236 valence electrons. The molecule has 2 spiro atoms. The third-order valence-electron chi connectivity index (χ3n) is 13.1. The average Bonchev–Trinajstić information content (AvgIpc) is 2.96. The van der Waals surface area contributed by atoms with E-state index in [2.05, 4.69) is 20.4 Å². The lowest BCUT2D eigenvalue weighted by Crippen LogP contribution is -2.95. The summed E-state index contributed by atoms with van der Waals surface area (Å²) in [4.78, 5) is 58.3. The number of hydrogen-bond acceptors (Lipinski definition) is 8. The average molecular weight is 598 g/mol. The standard InChI is InChI=1S/C34H47NO8/c1-18-20-9-10-21-31-17-42-34(41-8,26(40-7)24(31)30(5,6)14-11-22(31)36)33(21)23(20)32(18,27(33)38)25(37)19-12-15-35(16-13-19)28(39)43-29(2,3)4/h19-21,23-24,26H,1,9-17H2,2-8H3. The quantitative estimate of drug-likeness (QED) is 0.348. The SMILES string of the molecule is C=C1C2CCC3C45COC(OC)(C(OC)C4C(C)(C)CCC5=O)C34C(=O)C1(C(=O)C1CCN(C(=O)OC(C)(C)C)CC1)C24. The van der Waals surface area contributed by atoms with Crippen molar-refractivity contribution in [1.29, 1.82) is 0 Å².